The number of alkyl halides is 2. The molecule has 3 rings (SSSR count). The number of sulfone groups is 1. The Morgan fingerprint density at radius 1 is 0.824 bits per heavy atom. The van der Waals surface area contributed by atoms with Gasteiger partial charge in [0.05, 0.1) is 4.90 Å². The third kappa shape index (κ3) is 6.09. The minimum Gasteiger partial charge on any atom is -0.384 e. The molecule has 2 atom stereocenters. The molecule has 1 unspecified atom stereocenters. The molecule has 0 saturated carbocycles. The lowest BCUT2D eigenvalue weighted by Crippen LogP contribution is -2.54. The van der Waals surface area contributed by atoms with Gasteiger partial charge in [0.1, 0.15) is 6.10 Å². The third-order valence-corrected chi connectivity index (χ3v) is 7.75. The van der Waals surface area contributed by atoms with Crippen molar-refractivity contribution in [1.82, 2.24) is 4.90 Å². The average Bonchev–Trinajstić information content (AvgIpc) is 2.85. The van der Waals surface area contributed by atoms with E-state index in [-0.39, 0.29) is 6.42 Å². The molecule has 3 aromatic rings. The van der Waals surface area contributed by atoms with Crippen molar-refractivity contribution in [2.24, 2.45) is 0 Å². The van der Waals surface area contributed by atoms with Crippen LogP contribution < -0.4 is 0 Å². The molecule has 0 fully saturated rings. The highest BCUT2D eigenvalue weighted by Crippen LogP contribution is 2.36. The number of aliphatic hydroxyl groups is 1. The Labute approximate surface area is 200 Å². The molecule has 0 aliphatic rings. The molecule has 3 aromatic carbocycles. The maximum absolute atomic E-state index is 15.5. The molecule has 7 heteroatoms. The van der Waals surface area contributed by atoms with Crippen LogP contribution >= 0.6 is 0 Å². The largest absolute Gasteiger partial charge is 0.384 e. The maximum Gasteiger partial charge on any atom is 0.376 e. The first kappa shape index (κ1) is 26.0. The van der Waals surface area contributed by atoms with Gasteiger partial charge in [0.25, 0.3) is 0 Å². The van der Waals surface area contributed by atoms with E-state index in [1.165, 1.54) is 12.1 Å². The van der Waals surface area contributed by atoms with Crippen molar-refractivity contribution in [2.45, 2.75) is 61.6 Å². The number of aliphatic hydroxyl groups excluding tert-OH is 1. The molecule has 0 aromatic heterocycles. The fraction of sp³-hybridized carbons (Fsp3) is 0.333. The van der Waals surface area contributed by atoms with Crippen molar-refractivity contribution in [3.8, 4) is 0 Å². The number of nitrogens with zero attached hydrogens (tertiary/aromatic N) is 1. The van der Waals surface area contributed by atoms with E-state index < -0.39 is 32.1 Å². The SMILES string of the molecule is CCCC[C@H](C(O)C(F)(F)S(=O)(=O)c1ccccc1)N(Cc1ccccc1)Cc1ccccc1. The van der Waals surface area contributed by atoms with Gasteiger partial charge in [-0.05, 0) is 29.7 Å². The molecule has 0 radical (unpaired) electrons. The number of hydrogen-bond donors (Lipinski definition) is 1. The van der Waals surface area contributed by atoms with E-state index in [1.807, 2.05) is 67.6 Å². The van der Waals surface area contributed by atoms with Crippen molar-refractivity contribution < 1.29 is 22.3 Å². The summed E-state index contributed by atoms with van der Waals surface area (Å²) in [7, 11) is -5.10. The van der Waals surface area contributed by atoms with Crippen LogP contribution in [0.25, 0.3) is 0 Å². The molecule has 0 heterocycles. The summed E-state index contributed by atoms with van der Waals surface area (Å²) in [5.41, 5.74) is 1.78. The third-order valence-electron chi connectivity index (χ3n) is 5.90. The predicted molar refractivity (Wildman–Crippen MR) is 130 cm³/mol. The summed E-state index contributed by atoms with van der Waals surface area (Å²) in [6.45, 7) is 2.52. The summed E-state index contributed by atoms with van der Waals surface area (Å²) in [5.74, 6) is 0. The first-order valence-electron chi connectivity index (χ1n) is 11.4. The van der Waals surface area contributed by atoms with Gasteiger partial charge < -0.3 is 5.11 Å². The van der Waals surface area contributed by atoms with Gasteiger partial charge in [0.2, 0.25) is 9.84 Å². The van der Waals surface area contributed by atoms with Crippen molar-refractivity contribution in [3.63, 3.8) is 0 Å². The van der Waals surface area contributed by atoms with Gasteiger partial charge >= 0.3 is 5.25 Å². The lowest BCUT2D eigenvalue weighted by molar-refractivity contribution is -0.0906. The van der Waals surface area contributed by atoms with Gasteiger partial charge in [0, 0.05) is 19.1 Å². The summed E-state index contributed by atoms with van der Waals surface area (Å²) >= 11 is 0. The average molecular weight is 488 g/mol. The zero-order valence-corrected chi connectivity index (χ0v) is 20.0. The lowest BCUT2D eigenvalue weighted by atomic mass is 10.00. The van der Waals surface area contributed by atoms with Gasteiger partial charge in [-0.15, -0.1) is 0 Å². The Morgan fingerprint density at radius 2 is 1.26 bits per heavy atom. The van der Waals surface area contributed by atoms with Crippen LogP contribution in [0.5, 0.6) is 0 Å². The summed E-state index contributed by atoms with van der Waals surface area (Å²) in [5, 5.41) is 6.65. The van der Waals surface area contributed by atoms with E-state index in [1.54, 1.807) is 11.0 Å². The summed E-state index contributed by atoms with van der Waals surface area (Å²) < 4.78 is 56.8. The molecule has 0 aliphatic carbocycles. The predicted octanol–water partition coefficient (Wildman–Crippen LogP) is 5.68. The number of benzene rings is 3. The normalized spacial score (nSPS) is 14.1. The fourth-order valence-electron chi connectivity index (χ4n) is 4.02. The standard InChI is InChI=1S/C27H31F2NO3S/c1-2-3-19-25(26(31)27(28,29)34(32,33)24-17-11-6-12-18-24)30(20-22-13-7-4-8-14-22)21-23-15-9-5-10-16-23/h4-18,25-26,31H,2-3,19-21H2,1H3/t25-,26?/m1/s1. The molecule has 0 aliphatic heterocycles. The molecule has 34 heavy (non-hydrogen) atoms. The number of unbranched alkanes of at least 4 members (excludes halogenated alkanes) is 1. The Hall–Kier alpha value is -2.61. The Kier molecular flexibility index (Phi) is 8.94. The van der Waals surface area contributed by atoms with Crippen LogP contribution in [0.15, 0.2) is 95.9 Å². The van der Waals surface area contributed by atoms with E-state index in [4.69, 9.17) is 0 Å². The van der Waals surface area contributed by atoms with Gasteiger partial charge in [-0.25, -0.2) is 8.42 Å². The number of rotatable bonds is 12. The van der Waals surface area contributed by atoms with Gasteiger partial charge in [-0.2, -0.15) is 8.78 Å². The smallest absolute Gasteiger partial charge is 0.376 e. The van der Waals surface area contributed by atoms with Crippen molar-refractivity contribution in [2.75, 3.05) is 0 Å². The molecule has 4 nitrogen and oxygen atoms in total. The fourth-order valence-corrected chi connectivity index (χ4v) is 5.32. The van der Waals surface area contributed by atoms with Crippen LogP contribution in [0.2, 0.25) is 0 Å². The Balaban J connectivity index is 2.00. The first-order chi connectivity index (χ1) is 16.3. The highest BCUT2D eigenvalue weighted by atomic mass is 32.2. The first-order valence-corrected chi connectivity index (χ1v) is 12.9. The van der Waals surface area contributed by atoms with Crippen LogP contribution in [0.3, 0.4) is 0 Å². The van der Waals surface area contributed by atoms with Gasteiger partial charge in [-0.3, -0.25) is 4.90 Å². The minimum atomic E-state index is -5.10. The van der Waals surface area contributed by atoms with Crippen LogP contribution in [0.4, 0.5) is 8.78 Å². The Bertz CT molecular complexity index is 1070. The lowest BCUT2D eigenvalue weighted by Gasteiger charge is -2.38. The second-order valence-electron chi connectivity index (χ2n) is 8.41. The quantitative estimate of drug-likeness (QED) is 0.357. The maximum atomic E-state index is 15.5. The van der Waals surface area contributed by atoms with E-state index in [0.29, 0.717) is 19.5 Å². The number of hydrogen-bond acceptors (Lipinski definition) is 4. The molecule has 0 saturated heterocycles. The molecule has 0 bridgehead atoms. The monoisotopic (exact) mass is 487 g/mol. The topological polar surface area (TPSA) is 57.6 Å². The molecular formula is C27H31F2NO3S. The van der Waals surface area contributed by atoms with Crippen LogP contribution in [-0.2, 0) is 22.9 Å². The second-order valence-corrected chi connectivity index (χ2v) is 10.4. The van der Waals surface area contributed by atoms with Crippen molar-refractivity contribution >= 4 is 9.84 Å². The molecule has 182 valence electrons. The van der Waals surface area contributed by atoms with Crippen LogP contribution in [-0.4, -0.2) is 35.8 Å². The van der Waals surface area contributed by atoms with Gasteiger partial charge in [0.15, 0.2) is 0 Å². The highest BCUT2D eigenvalue weighted by molar-refractivity contribution is 7.92. The van der Waals surface area contributed by atoms with Crippen molar-refractivity contribution in [3.05, 3.63) is 102 Å². The van der Waals surface area contributed by atoms with Crippen molar-refractivity contribution in [1.29, 1.82) is 0 Å². The summed E-state index contributed by atoms with van der Waals surface area (Å²) in [4.78, 5) is 1.25. The van der Waals surface area contributed by atoms with Crippen LogP contribution in [0, 0.1) is 0 Å². The molecule has 0 spiro atoms. The summed E-state index contributed by atoms with van der Waals surface area (Å²) in [6.07, 6.45) is -0.873. The molecule has 1 N–H and O–H groups in total. The van der Waals surface area contributed by atoms with Crippen LogP contribution in [0.1, 0.15) is 37.3 Å². The van der Waals surface area contributed by atoms with E-state index in [0.717, 1.165) is 29.7 Å². The van der Waals surface area contributed by atoms with E-state index in [2.05, 4.69) is 0 Å². The zero-order chi connectivity index (χ0) is 24.6. The summed E-state index contributed by atoms with van der Waals surface area (Å²) in [6, 6.07) is 24.3. The van der Waals surface area contributed by atoms with Gasteiger partial charge in [-0.1, -0.05) is 98.6 Å². The Morgan fingerprint density at radius 3 is 1.71 bits per heavy atom. The molecular weight excluding hydrogens is 456 g/mol. The molecule has 0 amide bonds. The minimum absolute atomic E-state index is 0.233. The second kappa shape index (κ2) is 11.7. The zero-order valence-electron chi connectivity index (χ0n) is 19.2. The van der Waals surface area contributed by atoms with E-state index >= 15 is 8.78 Å². The highest BCUT2D eigenvalue weighted by Gasteiger charge is 2.55. The van der Waals surface area contributed by atoms with E-state index in [9.17, 15) is 13.5 Å². The number of halogens is 2.